The summed E-state index contributed by atoms with van der Waals surface area (Å²) in [6.45, 7) is 4.10. The third-order valence-corrected chi connectivity index (χ3v) is 4.10. The molecule has 2 rings (SSSR count). The molecule has 0 spiro atoms. The summed E-state index contributed by atoms with van der Waals surface area (Å²) in [5, 5.41) is 6.62. The smallest absolute Gasteiger partial charge is 0.231 e. The van der Waals surface area contributed by atoms with Gasteiger partial charge in [-0.2, -0.15) is 5.10 Å². The lowest BCUT2D eigenvalue weighted by Crippen LogP contribution is -2.41. The highest BCUT2D eigenvalue weighted by atomic mass is 19.1. The third kappa shape index (κ3) is 2.99. The Bertz CT molecular complexity index is 629. The van der Waals surface area contributed by atoms with E-state index in [9.17, 15) is 9.18 Å². The zero-order chi connectivity index (χ0) is 16.2. The van der Waals surface area contributed by atoms with Crippen molar-refractivity contribution in [2.45, 2.75) is 26.7 Å². The Balaban J connectivity index is 2.21. The Morgan fingerprint density at radius 2 is 2.14 bits per heavy atom. The molecule has 0 bridgehead atoms. The minimum Gasteiger partial charge on any atom is -0.329 e. The molecule has 0 radical (unpaired) electrons. The molecule has 1 heterocycles. The highest BCUT2D eigenvalue weighted by Crippen LogP contribution is 2.27. The average Bonchev–Trinajstić information content (AvgIpc) is 3.04. The molecule has 0 saturated heterocycles. The number of anilines is 1. The first-order valence-corrected chi connectivity index (χ1v) is 7.22. The third-order valence-electron chi connectivity index (χ3n) is 4.10. The van der Waals surface area contributed by atoms with Crippen molar-refractivity contribution >= 4 is 11.6 Å². The first-order valence-electron chi connectivity index (χ1n) is 7.22. The van der Waals surface area contributed by atoms with Crippen LogP contribution in [0.25, 0.3) is 5.69 Å². The maximum Gasteiger partial charge on any atom is 0.231 e. The molecule has 0 aliphatic heterocycles. The highest BCUT2D eigenvalue weighted by Gasteiger charge is 2.33. The molecule has 7 heteroatoms. The predicted molar refractivity (Wildman–Crippen MR) is 82.0 cm³/mol. The van der Waals surface area contributed by atoms with Gasteiger partial charge >= 0.3 is 0 Å². The van der Waals surface area contributed by atoms with Gasteiger partial charge in [0.1, 0.15) is 18.3 Å². The molecule has 1 aromatic heterocycles. The molecular weight excluding hydrogens is 285 g/mol. The number of halogens is 1. The topological polar surface area (TPSA) is 85.8 Å². The number of benzene rings is 1. The van der Waals surface area contributed by atoms with Crippen molar-refractivity contribution in [1.29, 1.82) is 0 Å². The van der Waals surface area contributed by atoms with Gasteiger partial charge in [0.2, 0.25) is 5.91 Å². The summed E-state index contributed by atoms with van der Waals surface area (Å²) in [5.74, 6) is -0.678. The van der Waals surface area contributed by atoms with Crippen LogP contribution in [0, 0.1) is 11.2 Å². The van der Waals surface area contributed by atoms with Crippen LogP contribution >= 0.6 is 0 Å². The van der Waals surface area contributed by atoms with Crippen molar-refractivity contribution in [3.8, 4) is 5.69 Å². The molecule has 1 aromatic carbocycles. The van der Waals surface area contributed by atoms with Crippen molar-refractivity contribution in [2.75, 3.05) is 11.9 Å². The van der Waals surface area contributed by atoms with Gasteiger partial charge in [0.25, 0.3) is 0 Å². The lowest BCUT2D eigenvalue weighted by molar-refractivity contribution is -0.125. The van der Waals surface area contributed by atoms with Gasteiger partial charge in [-0.05, 0) is 31.0 Å². The predicted octanol–water partition coefficient (Wildman–Crippen LogP) is 2.11. The van der Waals surface area contributed by atoms with Crippen LogP contribution < -0.4 is 11.1 Å². The number of nitrogens with one attached hydrogen (secondary N) is 1. The van der Waals surface area contributed by atoms with Crippen LogP contribution in [-0.2, 0) is 4.79 Å². The molecule has 0 atom stereocenters. The lowest BCUT2D eigenvalue weighted by Gasteiger charge is -2.28. The molecule has 0 aliphatic carbocycles. The second-order valence-corrected chi connectivity index (χ2v) is 5.15. The summed E-state index contributed by atoms with van der Waals surface area (Å²) in [7, 11) is 0. The molecule has 6 nitrogen and oxygen atoms in total. The van der Waals surface area contributed by atoms with Crippen molar-refractivity contribution in [1.82, 2.24) is 14.8 Å². The SMILES string of the molecule is CCC(CC)(CN)C(=O)Nc1ccc(-n2cncn2)c(F)c1. The molecule has 22 heavy (non-hydrogen) atoms. The zero-order valence-corrected chi connectivity index (χ0v) is 12.7. The molecule has 0 fully saturated rings. The number of nitrogens with zero attached hydrogens (tertiary/aromatic N) is 3. The zero-order valence-electron chi connectivity index (χ0n) is 12.7. The number of rotatable bonds is 6. The minimum absolute atomic E-state index is 0.187. The average molecular weight is 305 g/mol. The van der Waals surface area contributed by atoms with E-state index in [4.69, 9.17) is 5.73 Å². The Kier molecular flexibility index (Phi) is 4.87. The first-order chi connectivity index (χ1) is 10.6. The summed E-state index contributed by atoms with van der Waals surface area (Å²) in [6, 6.07) is 4.44. The van der Waals surface area contributed by atoms with Crippen molar-refractivity contribution in [2.24, 2.45) is 11.1 Å². The minimum atomic E-state index is -0.624. The van der Waals surface area contributed by atoms with Gasteiger partial charge in [-0.3, -0.25) is 4.79 Å². The fraction of sp³-hybridized carbons (Fsp3) is 0.400. The molecule has 118 valence electrons. The fourth-order valence-corrected chi connectivity index (χ4v) is 2.32. The summed E-state index contributed by atoms with van der Waals surface area (Å²) >= 11 is 0. The monoisotopic (exact) mass is 305 g/mol. The largest absolute Gasteiger partial charge is 0.329 e. The van der Waals surface area contributed by atoms with Crippen molar-refractivity contribution in [3.63, 3.8) is 0 Å². The molecular formula is C15H20FN5O. The van der Waals surface area contributed by atoms with E-state index in [1.807, 2.05) is 13.8 Å². The standard InChI is InChI=1S/C15H20FN5O/c1-3-15(4-2,8-17)14(22)20-11-5-6-13(12(16)7-11)21-10-18-9-19-21/h5-7,9-10H,3-4,8,17H2,1-2H3,(H,20,22). The van der Waals surface area contributed by atoms with Crippen LogP contribution in [0.2, 0.25) is 0 Å². The van der Waals surface area contributed by atoms with Crippen LogP contribution in [0.15, 0.2) is 30.9 Å². The molecule has 0 aliphatic rings. The summed E-state index contributed by atoms with van der Waals surface area (Å²) in [4.78, 5) is 16.2. The maximum atomic E-state index is 14.1. The van der Waals surface area contributed by atoms with Crippen LogP contribution in [0.3, 0.4) is 0 Å². The Morgan fingerprint density at radius 3 is 2.64 bits per heavy atom. The second-order valence-electron chi connectivity index (χ2n) is 5.15. The quantitative estimate of drug-likeness (QED) is 0.856. The van der Waals surface area contributed by atoms with Crippen LogP contribution in [0.1, 0.15) is 26.7 Å². The molecule has 0 unspecified atom stereocenters. The van der Waals surface area contributed by atoms with E-state index in [0.717, 1.165) is 0 Å². The van der Waals surface area contributed by atoms with Gasteiger partial charge in [-0.15, -0.1) is 0 Å². The van der Waals surface area contributed by atoms with Gasteiger partial charge in [-0.1, -0.05) is 13.8 Å². The highest BCUT2D eigenvalue weighted by molar-refractivity contribution is 5.95. The van der Waals surface area contributed by atoms with Crippen LogP contribution in [0.4, 0.5) is 10.1 Å². The number of carbonyl (C=O) groups is 1. The summed E-state index contributed by atoms with van der Waals surface area (Å²) in [6.07, 6.45) is 3.99. The van der Waals surface area contributed by atoms with Gasteiger partial charge in [0.15, 0.2) is 5.82 Å². The second kappa shape index (κ2) is 6.65. The normalized spacial score (nSPS) is 11.5. The number of carbonyl (C=O) groups excluding carboxylic acids is 1. The molecule has 0 saturated carbocycles. The number of hydrogen-bond donors (Lipinski definition) is 2. The van der Waals surface area contributed by atoms with Gasteiger partial charge in [-0.25, -0.2) is 14.1 Å². The number of aromatic nitrogens is 3. The maximum absolute atomic E-state index is 14.1. The first kappa shape index (κ1) is 16.1. The Labute approximate surface area is 128 Å². The van der Waals surface area contributed by atoms with E-state index < -0.39 is 11.2 Å². The van der Waals surface area contributed by atoms with E-state index in [1.165, 1.54) is 23.4 Å². The number of amides is 1. The summed E-state index contributed by atoms with van der Waals surface area (Å²) in [5.41, 5.74) is 5.79. The molecule has 1 amide bonds. The Hall–Kier alpha value is -2.28. The molecule has 2 aromatic rings. The van der Waals surface area contributed by atoms with E-state index >= 15 is 0 Å². The lowest BCUT2D eigenvalue weighted by atomic mass is 9.81. The van der Waals surface area contributed by atoms with E-state index in [-0.39, 0.29) is 18.1 Å². The Morgan fingerprint density at radius 1 is 1.41 bits per heavy atom. The summed E-state index contributed by atoms with van der Waals surface area (Å²) < 4.78 is 15.5. The van der Waals surface area contributed by atoms with Crippen LogP contribution in [0.5, 0.6) is 0 Å². The van der Waals surface area contributed by atoms with Gasteiger partial charge in [0.05, 0.1) is 5.41 Å². The van der Waals surface area contributed by atoms with Gasteiger partial charge in [0, 0.05) is 12.2 Å². The van der Waals surface area contributed by atoms with E-state index in [2.05, 4.69) is 15.4 Å². The fourth-order valence-electron chi connectivity index (χ4n) is 2.32. The van der Waals surface area contributed by atoms with E-state index in [0.29, 0.717) is 18.5 Å². The van der Waals surface area contributed by atoms with Crippen molar-refractivity contribution < 1.29 is 9.18 Å². The molecule has 3 N–H and O–H groups in total. The number of nitrogens with two attached hydrogens (primary N) is 1. The van der Waals surface area contributed by atoms with Crippen molar-refractivity contribution in [3.05, 3.63) is 36.7 Å². The van der Waals surface area contributed by atoms with Gasteiger partial charge < -0.3 is 11.1 Å². The number of hydrogen-bond acceptors (Lipinski definition) is 4. The van der Waals surface area contributed by atoms with E-state index in [1.54, 1.807) is 12.1 Å². The van der Waals surface area contributed by atoms with Crippen LogP contribution in [-0.4, -0.2) is 27.2 Å².